The van der Waals surface area contributed by atoms with Gasteiger partial charge in [0.05, 0.1) is 22.9 Å². The van der Waals surface area contributed by atoms with Crippen molar-refractivity contribution >= 4 is 16.8 Å². The van der Waals surface area contributed by atoms with Crippen LogP contribution in [-0.2, 0) is 24.2 Å². The lowest BCUT2D eigenvalue weighted by Gasteiger charge is -2.35. The van der Waals surface area contributed by atoms with Gasteiger partial charge in [-0.2, -0.15) is 5.10 Å². The van der Waals surface area contributed by atoms with Gasteiger partial charge in [0, 0.05) is 44.5 Å². The molecule has 0 spiro atoms. The lowest BCUT2D eigenvalue weighted by molar-refractivity contribution is -0.135. The van der Waals surface area contributed by atoms with Gasteiger partial charge in [-0.05, 0) is 54.4 Å². The van der Waals surface area contributed by atoms with Crippen molar-refractivity contribution in [2.75, 3.05) is 33.2 Å². The standard InChI is InChI=1S/C27H30FN7O2/c1-3-15-11-24(36)19(28)12-18(15)16-4-5-17-20(10-16)32-33-25(17)26-30-21-13-22(29-14-23(21)31-26)27(37)35-8-6-34(2)7-9-35/h4-5,10-12,22,29,36H,3,6-9,13-14H2,1-2H3,(H,30,31)(H,32,33). The number of nitrogens with zero attached hydrogens (tertiary/aromatic N) is 4. The number of carbonyl (C=O) groups excluding carboxylic acids is 1. The molecule has 2 aromatic heterocycles. The number of H-pyrrole nitrogens is 2. The molecule has 0 aliphatic carbocycles. The van der Waals surface area contributed by atoms with Gasteiger partial charge in [0.1, 0.15) is 5.69 Å². The number of aromatic nitrogens is 4. The Morgan fingerprint density at radius 1 is 1.19 bits per heavy atom. The maximum atomic E-state index is 14.1. The third-order valence-electron chi connectivity index (χ3n) is 7.55. The Balaban J connectivity index is 1.26. The number of likely N-dealkylation sites (N-methyl/N-ethyl adjacent to an activating group) is 1. The van der Waals surface area contributed by atoms with E-state index < -0.39 is 5.82 Å². The Labute approximate surface area is 213 Å². The van der Waals surface area contributed by atoms with E-state index in [1.807, 2.05) is 30.0 Å². The SMILES string of the molecule is CCc1cc(O)c(F)cc1-c1ccc2c(-c3nc4c([nH]3)CNC(C(=O)N3CCN(C)CC3)C4)n[nH]c2c1. The number of fused-ring (bicyclic) bond motifs is 2. The number of rotatable bonds is 4. The summed E-state index contributed by atoms with van der Waals surface area (Å²) in [6.07, 6.45) is 1.20. The number of aromatic hydroxyl groups is 1. The van der Waals surface area contributed by atoms with Gasteiger partial charge in [-0.15, -0.1) is 0 Å². The first-order valence-corrected chi connectivity index (χ1v) is 12.7. The monoisotopic (exact) mass is 503 g/mol. The quantitative estimate of drug-likeness (QED) is 0.341. The van der Waals surface area contributed by atoms with E-state index in [2.05, 4.69) is 32.4 Å². The van der Waals surface area contributed by atoms with E-state index in [0.29, 0.717) is 30.9 Å². The zero-order chi connectivity index (χ0) is 25.7. The molecule has 0 radical (unpaired) electrons. The highest BCUT2D eigenvalue weighted by molar-refractivity contribution is 5.94. The minimum atomic E-state index is -0.642. The van der Waals surface area contributed by atoms with Crippen molar-refractivity contribution in [2.24, 2.45) is 0 Å². The van der Waals surface area contributed by atoms with Crippen molar-refractivity contribution in [1.29, 1.82) is 0 Å². The molecule has 4 heterocycles. The largest absolute Gasteiger partial charge is 0.505 e. The maximum Gasteiger partial charge on any atom is 0.240 e. The lowest BCUT2D eigenvalue weighted by atomic mass is 9.96. The molecule has 2 aliphatic heterocycles. The van der Waals surface area contributed by atoms with Crippen molar-refractivity contribution in [3.05, 3.63) is 53.1 Å². The molecule has 1 atom stereocenters. The Morgan fingerprint density at radius 3 is 2.78 bits per heavy atom. The Morgan fingerprint density at radius 2 is 2.00 bits per heavy atom. The topological polar surface area (TPSA) is 113 Å². The molecule has 0 saturated carbocycles. The third kappa shape index (κ3) is 4.25. The molecule has 2 aromatic carbocycles. The van der Waals surface area contributed by atoms with Gasteiger partial charge in [0.25, 0.3) is 0 Å². The summed E-state index contributed by atoms with van der Waals surface area (Å²) in [5, 5.41) is 21.6. The number of phenols is 1. The second-order valence-electron chi connectivity index (χ2n) is 9.92. The van der Waals surface area contributed by atoms with Gasteiger partial charge in [-0.25, -0.2) is 9.37 Å². The zero-order valence-electron chi connectivity index (χ0n) is 20.9. The number of carbonyl (C=O) groups is 1. The molecule has 10 heteroatoms. The predicted octanol–water partition coefficient (Wildman–Crippen LogP) is 2.82. The van der Waals surface area contributed by atoms with E-state index in [0.717, 1.165) is 65.2 Å². The fourth-order valence-corrected chi connectivity index (χ4v) is 5.32. The normalized spacial score (nSPS) is 18.4. The average molecular weight is 504 g/mol. The fourth-order valence-electron chi connectivity index (χ4n) is 5.32. The summed E-state index contributed by atoms with van der Waals surface area (Å²) < 4.78 is 14.1. The number of hydrogen-bond donors (Lipinski definition) is 4. The van der Waals surface area contributed by atoms with Crippen LogP contribution in [0.2, 0.25) is 0 Å². The first-order valence-electron chi connectivity index (χ1n) is 12.7. The highest BCUT2D eigenvalue weighted by Crippen LogP contribution is 2.34. The summed E-state index contributed by atoms with van der Waals surface area (Å²) >= 11 is 0. The number of phenolic OH excluding ortho intramolecular Hbond substituents is 1. The molecule has 1 fully saturated rings. The molecule has 4 aromatic rings. The Bertz CT molecular complexity index is 1490. The fraction of sp³-hybridized carbons (Fsp3) is 0.370. The highest BCUT2D eigenvalue weighted by atomic mass is 19.1. The molecule has 1 amide bonds. The van der Waals surface area contributed by atoms with Crippen LogP contribution in [-0.4, -0.2) is 80.2 Å². The number of amides is 1. The number of imidazole rings is 1. The molecular weight excluding hydrogens is 473 g/mol. The van der Waals surface area contributed by atoms with Gasteiger partial charge in [0.15, 0.2) is 17.4 Å². The van der Waals surface area contributed by atoms with Gasteiger partial charge < -0.3 is 19.9 Å². The van der Waals surface area contributed by atoms with Gasteiger partial charge in [-0.3, -0.25) is 15.2 Å². The number of halogens is 1. The van der Waals surface area contributed by atoms with E-state index in [1.54, 1.807) is 0 Å². The van der Waals surface area contributed by atoms with Crippen LogP contribution in [0, 0.1) is 5.82 Å². The summed E-state index contributed by atoms with van der Waals surface area (Å²) in [4.78, 5) is 25.5. The van der Waals surface area contributed by atoms with E-state index in [4.69, 9.17) is 4.98 Å². The van der Waals surface area contributed by atoms with E-state index >= 15 is 0 Å². The molecule has 4 N–H and O–H groups in total. The summed E-state index contributed by atoms with van der Waals surface area (Å²) in [5.41, 5.74) is 5.81. The van der Waals surface area contributed by atoms with Crippen molar-refractivity contribution in [1.82, 2.24) is 35.3 Å². The van der Waals surface area contributed by atoms with Crippen molar-refractivity contribution in [2.45, 2.75) is 32.4 Å². The smallest absolute Gasteiger partial charge is 0.240 e. The van der Waals surface area contributed by atoms with Crippen LogP contribution in [0.15, 0.2) is 30.3 Å². The summed E-state index contributed by atoms with van der Waals surface area (Å²) in [6, 6.07) is 8.40. The number of piperazine rings is 1. The average Bonchev–Trinajstić information content (AvgIpc) is 3.53. The molecule has 1 unspecified atom stereocenters. The molecular formula is C27H30FN7O2. The summed E-state index contributed by atoms with van der Waals surface area (Å²) in [7, 11) is 2.08. The van der Waals surface area contributed by atoms with E-state index in [9.17, 15) is 14.3 Å². The molecule has 1 saturated heterocycles. The van der Waals surface area contributed by atoms with Gasteiger partial charge in [0.2, 0.25) is 5.91 Å². The lowest BCUT2D eigenvalue weighted by Crippen LogP contribution is -2.54. The first-order chi connectivity index (χ1) is 17.9. The van der Waals surface area contributed by atoms with Crippen LogP contribution in [0.4, 0.5) is 4.39 Å². The third-order valence-corrected chi connectivity index (χ3v) is 7.55. The zero-order valence-corrected chi connectivity index (χ0v) is 20.9. The predicted molar refractivity (Wildman–Crippen MR) is 139 cm³/mol. The number of benzene rings is 2. The number of nitrogens with one attached hydrogen (secondary N) is 3. The molecule has 9 nitrogen and oxygen atoms in total. The summed E-state index contributed by atoms with van der Waals surface area (Å²) in [6.45, 7) is 5.82. The Kier molecular flexibility index (Phi) is 5.92. The van der Waals surface area contributed by atoms with Crippen LogP contribution in [0.3, 0.4) is 0 Å². The van der Waals surface area contributed by atoms with Crippen LogP contribution >= 0.6 is 0 Å². The van der Waals surface area contributed by atoms with E-state index in [1.165, 1.54) is 12.1 Å². The molecule has 37 heavy (non-hydrogen) atoms. The number of hydrogen-bond acceptors (Lipinski definition) is 6. The van der Waals surface area contributed by atoms with Crippen LogP contribution in [0.5, 0.6) is 5.75 Å². The van der Waals surface area contributed by atoms with Crippen molar-refractivity contribution in [3.63, 3.8) is 0 Å². The first kappa shape index (κ1) is 23.6. The van der Waals surface area contributed by atoms with Gasteiger partial charge in [-0.1, -0.05) is 13.0 Å². The van der Waals surface area contributed by atoms with E-state index in [-0.39, 0.29) is 17.7 Å². The molecule has 6 rings (SSSR count). The molecule has 0 bridgehead atoms. The highest BCUT2D eigenvalue weighted by Gasteiger charge is 2.31. The molecule has 192 valence electrons. The summed E-state index contributed by atoms with van der Waals surface area (Å²) in [5.74, 6) is -0.187. The minimum Gasteiger partial charge on any atom is -0.505 e. The van der Waals surface area contributed by atoms with Gasteiger partial charge >= 0.3 is 0 Å². The second-order valence-corrected chi connectivity index (χ2v) is 9.92. The van der Waals surface area contributed by atoms with Crippen LogP contribution < -0.4 is 5.32 Å². The Hall–Kier alpha value is -3.76. The molecule has 2 aliphatic rings. The van der Waals surface area contributed by atoms with Crippen LogP contribution in [0.1, 0.15) is 23.9 Å². The maximum absolute atomic E-state index is 14.1. The number of aryl methyl sites for hydroxylation is 1. The minimum absolute atomic E-state index is 0.137. The van der Waals surface area contributed by atoms with Crippen LogP contribution in [0.25, 0.3) is 33.5 Å². The van der Waals surface area contributed by atoms with Crippen molar-refractivity contribution in [3.8, 4) is 28.4 Å². The van der Waals surface area contributed by atoms with Crippen molar-refractivity contribution < 1.29 is 14.3 Å². The second kappa shape index (κ2) is 9.28. The number of aromatic amines is 2.